The number of hydrogen-bond donors (Lipinski definition) is 0. The van der Waals surface area contributed by atoms with Crippen molar-refractivity contribution in [2.45, 2.75) is 27.2 Å². The van der Waals surface area contributed by atoms with E-state index in [1.54, 1.807) is 24.5 Å². The Morgan fingerprint density at radius 1 is 1.56 bits per heavy atom. The molecule has 16 heavy (non-hydrogen) atoms. The predicted molar refractivity (Wildman–Crippen MR) is 63.1 cm³/mol. The first-order valence-corrected chi connectivity index (χ1v) is 6.13. The molecule has 0 fully saturated rings. The zero-order valence-corrected chi connectivity index (χ0v) is 10.4. The molecule has 0 aliphatic heterocycles. The van der Waals surface area contributed by atoms with Gasteiger partial charge in [0.1, 0.15) is 0 Å². The van der Waals surface area contributed by atoms with Crippen molar-refractivity contribution in [3.8, 4) is 0 Å². The smallest absolute Gasteiger partial charge is 0.358 e. The van der Waals surface area contributed by atoms with Crippen molar-refractivity contribution in [2.75, 3.05) is 6.61 Å². The lowest BCUT2D eigenvalue weighted by Gasteiger charge is -1.96. The lowest BCUT2D eigenvalue weighted by molar-refractivity contribution is 0.0520. The van der Waals surface area contributed by atoms with Crippen molar-refractivity contribution in [3.05, 3.63) is 22.5 Å². The molecule has 0 aromatic carbocycles. The molecule has 4 nitrogen and oxygen atoms in total. The predicted octanol–water partition coefficient (Wildman–Crippen LogP) is 2.44. The summed E-state index contributed by atoms with van der Waals surface area (Å²) in [7, 11) is 0. The van der Waals surface area contributed by atoms with E-state index in [9.17, 15) is 4.79 Å². The summed E-state index contributed by atoms with van der Waals surface area (Å²) in [5.74, 6) is -0.351. The average molecular weight is 238 g/mol. The first kappa shape index (κ1) is 11.1. The molecule has 0 saturated carbocycles. The van der Waals surface area contributed by atoms with Crippen LogP contribution in [0.25, 0.3) is 4.96 Å². The first-order valence-electron chi connectivity index (χ1n) is 5.31. The molecule has 0 aliphatic carbocycles. The van der Waals surface area contributed by atoms with Crippen molar-refractivity contribution >= 4 is 22.3 Å². The van der Waals surface area contributed by atoms with E-state index in [1.165, 1.54) is 4.88 Å². The van der Waals surface area contributed by atoms with Crippen molar-refractivity contribution in [1.82, 2.24) is 9.38 Å². The molecule has 5 heteroatoms. The number of aryl methyl sites for hydroxylation is 2. The Labute approximate surface area is 97.9 Å². The van der Waals surface area contributed by atoms with Crippen LogP contribution in [0.5, 0.6) is 0 Å². The van der Waals surface area contributed by atoms with Gasteiger partial charge in [0.2, 0.25) is 0 Å². The second-order valence-corrected chi connectivity index (χ2v) is 4.53. The van der Waals surface area contributed by atoms with E-state index in [1.807, 2.05) is 11.3 Å². The van der Waals surface area contributed by atoms with Gasteiger partial charge in [-0.1, -0.05) is 6.92 Å². The molecule has 2 aromatic rings. The maximum Gasteiger partial charge on any atom is 0.358 e. The molecule has 0 atom stereocenters. The summed E-state index contributed by atoms with van der Waals surface area (Å²) in [4.78, 5) is 17.9. The summed E-state index contributed by atoms with van der Waals surface area (Å²) >= 11 is 1.62. The van der Waals surface area contributed by atoms with Gasteiger partial charge in [-0.2, -0.15) is 0 Å². The van der Waals surface area contributed by atoms with Gasteiger partial charge in [-0.25, -0.2) is 9.78 Å². The first-order chi connectivity index (χ1) is 7.67. The number of esters is 1. The second kappa shape index (κ2) is 4.25. The highest BCUT2D eigenvalue weighted by atomic mass is 32.1. The molecule has 2 aromatic heterocycles. The number of carbonyl (C=O) groups excluding carboxylic acids is 1. The van der Waals surface area contributed by atoms with Crippen molar-refractivity contribution < 1.29 is 9.53 Å². The summed E-state index contributed by atoms with van der Waals surface area (Å²) in [6, 6.07) is 0. The Morgan fingerprint density at radius 2 is 2.31 bits per heavy atom. The monoisotopic (exact) mass is 238 g/mol. The van der Waals surface area contributed by atoms with Crippen LogP contribution in [0.2, 0.25) is 0 Å². The third-order valence-electron chi connectivity index (χ3n) is 2.46. The number of fused-ring (bicyclic) bond motifs is 1. The van der Waals surface area contributed by atoms with Gasteiger partial charge in [-0.05, 0) is 20.3 Å². The number of ether oxygens (including phenoxy) is 1. The Hall–Kier alpha value is -1.36. The molecule has 0 amide bonds. The van der Waals surface area contributed by atoms with E-state index in [0.29, 0.717) is 12.3 Å². The minimum atomic E-state index is -0.351. The van der Waals surface area contributed by atoms with Crippen LogP contribution in [-0.4, -0.2) is 22.0 Å². The van der Waals surface area contributed by atoms with Gasteiger partial charge in [0.05, 0.1) is 6.61 Å². The van der Waals surface area contributed by atoms with Gasteiger partial charge in [0.25, 0.3) is 0 Å². The Bertz CT molecular complexity index is 527. The zero-order valence-electron chi connectivity index (χ0n) is 9.61. The van der Waals surface area contributed by atoms with Gasteiger partial charge in [0, 0.05) is 16.8 Å². The minimum Gasteiger partial charge on any atom is -0.461 e. The maximum absolute atomic E-state index is 11.5. The molecule has 86 valence electrons. The highest BCUT2D eigenvalue weighted by molar-refractivity contribution is 7.17. The van der Waals surface area contributed by atoms with Crippen molar-refractivity contribution in [1.29, 1.82) is 0 Å². The normalized spacial score (nSPS) is 10.9. The van der Waals surface area contributed by atoms with Gasteiger partial charge in [0.15, 0.2) is 10.7 Å². The van der Waals surface area contributed by atoms with Crippen LogP contribution in [0.15, 0.2) is 6.20 Å². The highest BCUT2D eigenvalue weighted by Gasteiger charge is 2.15. The Kier molecular flexibility index (Phi) is 2.96. The fourth-order valence-corrected chi connectivity index (χ4v) is 2.67. The molecule has 0 radical (unpaired) electrons. The molecule has 0 aliphatic rings. The zero-order chi connectivity index (χ0) is 11.7. The second-order valence-electron chi connectivity index (χ2n) is 3.46. The highest BCUT2D eigenvalue weighted by Crippen LogP contribution is 2.23. The number of carbonyl (C=O) groups is 1. The number of aromatic nitrogens is 2. The molecule has 2 rings (SSSR count). The number of nitrogens with zero attached hydrogens (tertiary/aromatic N) is 2. The van der Waals surface area contributed by atoms with Crippen LogP contribution in [0, 0.1) is 6.92 Å². The van der Waals surface area contributed by atoms with Crippen LogP contribution >= 0.6 is 11.3 Å². The van der Waals surface area contributed by atoms with Crippen molar-refractivity contribution in [3.63, 3.8) is 0 Å². The Balaban J connectivity index is 2.42. The lowest BCUT2D eigenvalue weighted by atomic mass is 10.3. The van der Waals surface area contributed by atoms with E-state index < -0.39 is 0 Å². The average Bonchev–Trinajstić information content (AvgIpc) is 2.79. The van der Waals surface area contributed by atoms with Crippen LogP contribution in [0.3, 0.4) is 0 Å². The minimum absolute atomic E-state index is 0.351. The van der Waals surface area contributed by atoms with Crippen LogP contribution in [0.4, 0.5) is 0 Å². The number of hydrogen-bond acceptors (Lipinski definition) is 4. The largest absolute Gasteiger partial charge is 0.461 e. The van der Waals surface area contributed by atoms with Gasteiger partial charge in [-0.15, -0.1) is 11.3 Å². The topological polar surface area (TPSA) is 43.6 Å². The number of rotatable bonds is 3. The molecular weight excluding hydrogens is 224 g/mol. The number of thiazole rings is 1. The SMILES string of the molecule is CCOC(=O)c1cn2c(C)c(CC)sc2n1. The van der Waals surface area contributed by atoms with E-state index >= 15 is 0 Å². The summed E-state index contributed by atoms with van der Waals surface area (Å²) in [5, 5.41) is 0. The van der Waals surface area contributed by atoms with E-state index in [-0.39, 0.29) is 5.97 Å². The lowest BCUT2D eigenvalue weighted by Crippen LogP contribution is -2.04. The molecular formula is C11H14N2O2S. The van der Waals surface area contributed by atoms with Crippen LogP contribution in [0.1, 0.15) is 34.9 Å². The molecule has 0 saturated heterocycles. The maximum atomic E-state index is 11.5. The van der Waals surface area contributed by atoms with Gasteiger partial charge < -0.3 is 4.74 Å². The fourth-order valence-electron chi connectivity index (χ4n) is 1.63. The molecule has 0 spiro atoms. The molecule has 0 N–H and O–H groups in total. The number of imidazole rings is 1. The third-order valence-corrected chi connectivity index (χ3v) is 3.76. The van der Waals surface area contributed by atoms with E-state index in [0.717, 1.165) is 17.1 Å². The van der Waals surface area contributed by atoms with E-state index in [4.69, 9.17) is 4.74 Å². The third kappa shape index (κ3) is 1.71. The summed E-state index contributed by atoms with van der Waals surface area (Å²) in [6.45, 7) is 6.32. The van der Waals surface area contributed by atoms with Crippen LogP contribution < -0.4 is 0 Å². The summed E-state index contributed by atoms with van der Waals surface area (Å²) in [6.07, 6.45) is 2.74. The molecule has 0 bridgehead atoms. The van der Waals surface area contributed by atoms with Gasteiger partial charge >= 0.3 is 5.97 Å². The Morgan fingerprint density at radius 3 is 2.88 bits per heavy atom. The van der Waals surface area contributed by atoms with Crippen LogP contribution in [-0.2, 0) is 11.2 Å². The van der Waals surface area contributed by atoms with Crippen molar-refractivity contribution in [2.24, 2.45) is 0 Å². The molecule has 0 unspecified atom stereocenters. The molecule has 2 heterocycles. The summed E-state index contributed by atoms with van der Waals surface area (Å²) in [5.41, 5.74) is 1.55. The van der Waals surface area contributed by atoms with Gasteiger partial charge in [-0.3, -0.25) is 4.40 Å². The summed E-state index contributed by atoms with van der Waals surface area (Å²) < 4.78 is 6.87. The van der Waals surface area contributed by atoms with E-state index in [2.05, 4.69) is 11.9 Å². The quantitative estimate of drug-likeness (QED) is 0.771. The fraction of sp³-hybridized carbons (Fsp3) is 0.455. The standard InChI is InChI=1S/C11H14N2O2S/c1-4-9-7(3)13-6-8(10(14)15-5-2)12-11(13)16-9/h6H,4-5H2,1-3H3.